The van der Waals surface area contributed by atoms with Crippen molar-refractivity contribution < 1.29 is 4.52 Å². The lowest BCUT2D eigenvalue weighted by Crippen LogP contribution is -2.01. The summed E-state index contributed by atoms with van der Waals surface area (Å²) in [6.45, 7) is 0.288. The number of rotatable bonds is 2. The molecule has 0 saturated carbocycles. The number of aromatic nitrogens is 2. The Morgan fingerprint density at radius 3 is 3.18 bits per heavy atom. The third kappa shape index (κ3) is 1.96. The van der Waals surface area contributed by atoms with Crippen molar-refractivity contribution in [3.05, 3.63) is 29.7 Å². The van der Waals surface area contributed by atoms with Crippen molar-refractivity contribution in [1.29, 1.82) is 0 Å². The summed E-state index contributed by atoms with van der Waals surface area (Å²) in [6, 6.07) is 6.26. The molecule has 2 N–H and O–H groups in total. The maximum atomic E-state index is 5.48. The van der Waals surface area contributed by atoms with Crippen molar-refractivity contribution in [3.63, 3.8) is 0 Å². The highest BCUT2D eigenvalue weighted by Crippen LogP contribution is 2.35. The summed E-state index contributed by atoms with van der Waals surface area (Å²) in [5, 5.41) is 3.99. The molecule has 0 bridgehead atoms. The first kappa shape index (κ1) is 10.8. The van der Waals surface area contributed by atoms with Crippen LogP contribution in [0.25, 0.3) is 11.4 Å². The van der Waals surface area contributed by atoms with Gasteiger partial charge in [0.05, 0.1) is 6.54 Å². The lowest BCUT2D eigenvalue weighted by atomic mass is 10.0. The number of thioether (sulfide) groups is 1. The summed E-state index contributed by atoms with van der Waals surface area (Å²) < 4.78 is 5.07. The second-order valence-electron chi connectivity index (χ2n) is 3.95. The maximum Gasteiger partial charge on any atom is 0.240 e. The number of benzene rings is 1. The fourth-order valence-corrected chi connectivity index (χ4v) is 3.12. The molecule has 0 saturated heterocycles. The van der Waals surface area contributed by atoms with Gasteiger partial charge in [-0.1, -0.05) is 17.3 Å². The standard InChI is InChI=1S/C12H13N3OS/c13-7-11-14-12(15-16-11)9-3-1-5-10-8(9)4-2-6-17-10/h1,3,5H,2,4,6-7,13H2. The Balaban J connectivity index is 2.07. The van der Waals surface area contributed by atoms with Gasteiger partial charge in [0.15, 0.2) is 0 Å². The monoisotopic (exact) mass is 247 g/mol. The van der Waals surface area contributed by atoms with E-state index in [1.807, 2.05) is 17.8 Å². The number of nitrogens with two attached hydrogens (primary N) is 1. The molecule has 0 fully saturated rings. The van der Waals surface area contributed by atoms with Crippen LogP contribution in [0.3, 0.4) is 0 Å². The zero-order chi connectivity index (χ0) is 11.7. The summed E-state index contributed by atoms with van der Waals surface area (Å²) in [5.74, 6) is 2.34. The van der Waals surface area contributed by atoms with Crippen molar-refractivity contribution in [3.8, 4) is 11.4 Å². The van der Waals surface area contributed by atoms with Crippen LogP contribution in [-0.4, -0.2) is 15.9 Å². The van der Waals surface area contributed by atoms with Gasteiger partial charge >= 0.3 is 0 Å². The van der Waals surface area contributed by atoms with Gasteiger partial charge in [-0.3, -0.25) is 0 Å². The van der Waals surface area contributed by atoms with Gasteiger partial charge in [0, 0.05) is 10.5 Å². The van der Waals surface area contributed by atoms with E-state index in [0.29, 0.717) is 11.7 Å². The normalized spacial score (nSPS) is 14.6. The molecule has 88 valence electrons. The van der Waals surface area contributed by atoms with Crippen molar-refractivity contribution in [2.75, 3.05) is 5.75 Å². The van der Waals surface area contributed by atoms with E-state index in [1.165, 1.54) is 22.6 Å². The van der Waals surface area contributed by atoms with Crippen LogP contribution >= 0.6 is 11.8 Å². The van der Waals surface area contributed by atoms with Crippen LogP contribution in [0, 0.1) is 0 Å². The SMILES string of the molecule is NCc1nc(-c2cccc3c2CCCS3)no1. The molecule has 1 aromatic heterocycles. The molecule has 5 heteroatoms. The van der Waals surface area contributed by atoms with Crippen LogP contribution in [0.2, 0.25) is 0 Å². The second-order valence-corrected chi connectivity index (χ2v) is 5.09. The van der Waals surface area contributed by atoms with Gasteiger partial charge < -0.3 is 10.3 Å². The summed E-state index contributed by atoms with van der Waals surface area (Å²) in [5.41, 5.74) is 7.90. The Hall–Kier alpha value is -1.33. The predicted octanol–water partition coefficient (Wildman–Crippen LogP) is 2.23. The molecular formula is C12H13N3OS. The van der Waals surface area contributed by atoms with Gasteiger partial charge in [0.1, 0.15) is 0 Å². The molecule has 17 heavy (non-hydrogen) atoms. The van der Waals surface area contributed by atoms with E-state index >= 15 is 0 Å². The van der Waals surface area contributed by atoms with E-state index in [-0.39, 0.29) is 6.54 Å². The largest absolute Gasteiger partial charge is 0.338 e. The second kappa shape index (κ2) is 4.50. The fraction of sp³-hybridized carbons (Fsp3) is 0.333. The Kier molecular flexibility index (Phi) is 2.86. The quantitative estimate of drug-likeness (QED) is 0.881. The van der Waals surface area contributed by atoms with E-state index in [2.05, 4.69) is 22.3 Å². The topological polar surface area (TPSA) is 64.9 Å². The summed E-state index contributed by atoms with van der Waals surface area (Å²) in [4.78, 5) is 5.64. The van der Waals surface area contributed by atoms with Crippen molar-refractivity contribution in [2.45, 2.75) is 24.3 Å². The summed E-state index contributed by atoms with van der Waals surface area (Å²) in [6.07, 6.45) is 2.29. The first-order valence-electron chi connectivity index (χ1n) is 5.66. The van der Waals surface area contributed by atoms with E-state index in [0.717, 1.165) is 12.0 Å². The molecule has 0 atom stereocenters. The number of hydrogen-bond donors (Lipinski definition) is 1. The molecule has 1 aliphatic rings. The Bertz CT molecular complexity index is 538. The zero-order valence-corrected chi connectivity index (χ0v) is 10.2. The molecular weight excluding hydrogens is 234 g/mol. The van der Waals surface area contributed by atoms with Crippen LogP contribution in [0.4, 0.5) is 0 Å². The first-order chi connectivity index (χ1) is 8.38. The minimum atomic E-state index is 0.288. The minimum Gasteiger partial charge on any atom is -0.338 e. The highest BCUT2D eigenvalue weighted by molar-refractivity contribution is 7.99. The smallest absolute Gasteiger partial charge is 0.240 e. The fourth-order valence-electron chi connectivity index (χ4n) is 2.05. The van der Waals surface area contributed by atoms with Crippen LogP contribution in [0.5, 0.6) is 0 Å². The molecule has 1 aliphatic heterocycles. The van der Waals surface area contributed by atoms with Gasteiger partial charge in [0.25, 0.3) is 0 Å². The lowest BCUT2D eigenvalue weighted by Gasteiger charge is -2.16. The van der Waals surface area contributed by atoms with Crippen LogP contribution < -0.4 is 5.73 Å². The average Bonchev–Trinajstić information content (AvgIpc) is 2.87. The minimum absolute atomic E-state index is 0.288. The van der Waals surface area contributed by atoms with Gasteiger partial charge in [-0.2, -0.15) is 4.98 Å². The molecule has 2 aromatic rings. The van der Waals surface area contributed by atoms with Crippen LogP contribution in [0.1, 0.15) is 17.9 Å². The summed E-state index contributed by atoms with van der Waals surface area (Å²) >= 11 is 1.90. The predicted molar refractivity (Wildman–Crippen MR) is 66.7 cm³/mol. The maximum absolute atomic E-state index is 5.48. The number of fused-ring (bicyclic) bond motifs is 1. The van der Waals surface area contributed by atoms with Gasteiger partial charge in [-0.15, -0.1) is 11.8 Å². The Morgan fingerprint density at radius 1 is 1.41 bits per heavy atom. The van der Waals surface area contributed by atoms with E-state index < -0.39 is 0 Å². The molecule has 3 rings (SSSR count). The van der Waals surface area contributed by atoms with Crippen molar-refractivity contribution >= 4 is 11.8 Å². The average molecular weight is 247 g/mol. The molecule has 2 heterocycles. The van der Waals surface area contributed by atoms with Gasteiger partial charge in [-0.05, 0) is 30.2 Å². The van der Waals surface area contributed by atoms with Crippen LogP contribution in [0.15, 0.2) is 27.6 Å². The van der Waals surface area contributed by atoms with Crippen molar-refractivity contribution in [1.82, 2.24) is 10.1 Å². The first-order valence-corrected chi connectivity index (χ1v) is 6.65. The van der Waals surface area contributed by atoms with E-state index in [4.69, 9.17) is 10.3 Å². The lowest BCUT2D eigenvalue weighted by molar-refractivity contribution is 0.380. The molecule has 0 aliphatic carbocycles. The third-order valence-electron chi connectivity index (χ3n) is 2.85. The highest BCUT2D eigenvalue weighted by Gasteiger charge is 2.17. The zero-order valence-electron chi connectivity index (χ0n) is 9.35. The Labute approximate surface area is 104 Å². The third-order valence-corrected chi connectivity index (χ3v) is 4.03. The molecule has 0 unspecified atom stereocenters. The van der Waals surface area contributed by atoms with Crippen molar-refractivity contribution in [2.24, 2.45) is 5.73 Å². The highest BCUT2D eigenvalue weighted by atomic mass is 32.2. The van der Waals surface area contributed by atoms with Gasteiger partial charge in [-0.25, -0.2) is 0 Å². The Morgan fingerprint density at radius 2 is 2.35 bits per heavy atom. The number of hydrogen-bond acceptors (Lipinski definition) is 5. The van der Waals surface area contributed by atoms with Gasteiger partial charge in [0.2, 0.25) is 11.7 Å². The number of nitrogens with zero attached hydrogens (tertiary/aromatic N) is 2. The molecule has 0 radical (unpaired) electrons. The molecule has 4 nitrogen and oxygen atoms in total. The molecule has 1 aromatic carbocycles. The summed E-state index contributed by atoms with van der Waals surface area (Å²) in [7, 11) is 0. The van der Waals surface area contributed by atoms with E-state index in [9.17, 15) is 0 Å². The molecule has 0 spiro atoms. The van der Waals surface area contributed by atoms with E-state index in [1.54, 1.807) is 0 Å². The molecule has 0 amide bonds. The van der Waals surface area contributed by atoms with Crippen LogP contribution in [-0.2, 0) is 13.0 Å².